The minimum absolute atomic E-state index is 0.289. The first-order valence-corrected chi connectivity index (χ1v) is 5.21. The van der Waals surface area contributed by atoms with Gasteiger partial charge in [0.2, 0.25) is 6.08 Å². The number of hydrogen-bond acceptors (Lipinski definition) is 2. The van der Waals surface area contributed by atoms with Crippen molar-refractivity contribution in [3.8, 4) is 0 Å². The summed E-state index contributed by atoms with van der Waals surface area (Å²) in [6.45, 7) is 0. The normalized spacial score (nSPS) is 17.4. The van der Waals surface area contributed by atoms with E-state index in [1.807, 2.05) is 0 Å². The molecule has 1 saturated carbocycles. The molecule has 0 saturated heterocycles. The van der Waals surface area contributed by atoms with Gasteiger partial charge in [-0.05, 0) is 37.0 Å². The Labute approximate surface area is 95.9 Å². The highest BCUT2D eigenvalue weighted by Crippen LogP contribution is 2.45. The van der Waals surface area contributed by atoms with E-state index >= 15 is 0 Å². The molecule has 0 atom stereocenters. The summed E-state index contributed by atoms with van der Waals surface area (Å²) in [5, 5.41) is -0.289. The topological polar surface area (TPSA) is 29.4 Å². The van der Waals surface area contributed by atoms with Crippen LogP contribution in [0.4, 0.5) is 8.78 Å². The van der Waals surface area contributed by atoms with E-state index in [1.54, 1.807) is 0 Å². The highest BCUT2D eigenvalue weighted by Gasteiger charge is 2.39. The Balaban J connectivity index is 2.51. The van der Waals surface area contributed by atoms with E-state index in [-0.39, 0.29) is 5.02 Å². The van der Waals surface area contributed by atoms with Gasteiger partial charge in [-0.3, -0.25) is 0 Å². The van der Waals surface area contributed by atoms with Crippen LogP contribution in [-0.4, -0.2) is 6.08 Å². The number of carbonyl (C=O) groups excluding carboxylic acids is 1. The van der Waals surface area contributed by atoms with E-state index in [4.69, 9.17) is 11.6 Å². The lowest BCUT2D eigenvalue weighted by atomic mass is 9.72. The molecule has 1 aliphatic rings. The van der Waals surface area contributed by atoms with Crippen molar-refractivity contribution >= 4 is 17.7 Å². The van der Waals surface area contributed by atoms with E-state index < -0.39 is 17.2 Å². The zero-order chi connectivity index (χ0) is 11.8. The molecule has 2 nitrogen and oxygen atoms in total. The maximum Gasteiger partial charge on any atom is 0.235 e. The molecule has 0 bridgehead atoms. The molecule has 0 spiro atoms. The quantitative estimate of drug-likeness (QED) is 0.445. The van der Waals surface area contributed by atoms with E-state index in [0.717, 1.165) is 12.5 Å². The average molecular weight is 244 g/mol. The van der Waals surface area contributed by atoms with Gasteiger partial charge in [0.15, 0.2) is 11.6 Å². The molecule has 1 fully saturated rings. The second-order valence-corrected chi connectivity index (χ2v) is 4.25. The average Bonchev–Trinajstić information content (AvgIpc) is 2.19. The molecule has 2 rings (SSSR count). The van der Waals surface area contributed by atoms with E-state index in [9.17, 15) is 13.6 Å². The molecule has 0 radical (unpaired) electrons. The van der Waals surface area contributed by atoms with Gasteiger partial charge in [-0.25, -0.2) is 13.6 Å². The number of hydrogen-bond donors (Lipinski definition) is 0. The van der Waals surface area contributed by atoms with Crippen LogP contribution in [0.25, 0.3) is 0 Å². The Morgan fingerprint density at radius 1 is 1.38 bits per heavy atom. The highest BCUT2D eigenvalue weighted by molar-refractivity contribution is 6.30. The van der Waals surface area contributed by atoms with Crippen LogP contribution < -0.4 is 0 Å². The largest absolute Gasteiger partial charge is 0.235 e. The smallest absolute Gasteiger partial charge is 0.211 e. The Kier molecular flexibility index (Phi) is 2.78. The zero-order valence-corrected chi connectivity index (χ0v) is 9.02. The maximum absolute atomic E-state index is 13.2. The molecule has 0 unspecified atom stereocenters. The van der Waals surface area contributed by atoms with Crippen LogP contribution >= 0.6 is 11.6 Å². The lowest BCUT2D eigenvalue weighted by Crippen LogP contribution is -2.32. The van der Waals surface area contributed by atoms with Gasteiger partial charge in [-0.15, -0.1) is 0 Å². The predicted octanol–water partition coefficient (Wildman–Crippen LogP) is 3.33. The number of rotatable bonds is 2. The summed E-state index contributed by atoms with van der Waals surface area (Å²) in [5.74, 6) is -2.09. The summed E-state index contributed by atoms with van der Waals surface area (Å²) in [4.78, 5) is 14.0. The van der Waals surface area contributed by atoms with E-state index in [0.29, 0.717) is 18.4 Å². The third kappa shape index (κ3) is 1.64. The Morgan fingerprint density at radius 2 is 2.06 bits per heavy atom. The first kappa shape index (κ1) is 11.2. The van der Waals surface area contributed by atoms with Gasteiger partial charge in [0.05, 0.1) is 10.6 Å². The fourth-order valence-corrected chi connectivity index (χ4v) is 2.10. The van der Waals surface area contributed by atoms with Gasteiger partial charge in [-0.2, -0.15) is 4.99 Å². The van der Waals surface area contributed by atoms with Crippen LogP contribution in [0.5, 0.6) is 0 Å². The molecule has 84 valence electrons. The van der Waals surface area contributed by atoms with Gasteiger partial charge >= 0.3 is 0 Å². The molecule has 1 aliphatic carbocycles. The Morgan fingerprint density at radius 3 is 2.50 bits per heavy atom. The summed E-state index contributed by atoms with van der Waals surface area (Å²) in [6.07, 6.45) is 3.63. The molecule has 16 heavy (non-hydrogen) atoms. The molecule has 0 amide bonds. The van der Waals surface area contributed by atoms with Crippen molar-refractivity contribution in [2.75, 3.05) is 0 Å². The van der Waals surface area contributed by atoms with Crippen LogP contribution in [0.3, 0.4) is 0 Å². The third-order valence-electron chi connectivity index (χ3n) is 2.96. The Hall–Kier alpha value is -1.25. The monoisotopic (exact) mass is 243 g/mol. The molecule has 1 aromatic rings. The number of nitrogens with zero attached hydrogens (tertiary/aromatic N) is 1. The molecular formula is C11H8ClF2NO. The SMILES string of the molecule is O=C=NC1(c2cc(F)c(F)c(Cl)c2)CCC1. The van der Waals surface area contributed by atoms with Crippen molar-refractivity contribution < 1.29 is 13.6 Å². The fourth-order valence-electron chi connectivity index (χ4n) is 1.89. The highest BCUT2D eigenvalue weighted by atomic mass is 35.5. The second kappa shape index (κ2) is 3.96. The molecule has 0 aliphatic heterocycles. The van der Waals surface area contributed by atoms with Crippen LogP contribution in [0, 0.1) is 11.6 Å². The summed E-state index contributed by atoms with van der Waals surface area (Å²) < 4.78 is 26.2. The predicted molar refractivity (Wildman–Crippen MR) is 55.0 cm³/mol. The van der Waals surface area contributed by atoms with Crippen molar-refractivity contribution in [3.63, 3.8) is 0 Å². The molecule has 5 heteroatoms. The Bertz CT molecular complexity index is 456. The van der Waals surface area contributed by atoms with Gasteiger partial charge in [-0.1, -0.05) is 11.6 Å². The fraction of sp³-hybridized carbons (Fsp3) is 0.364. The number of aliphatic imine (C=N–C) groups is 1. The van der Waals surface area contributed by atoms with E-state index in [1.165, 1.54) is 12.1 Å². The van der Waals surface area contributed by atoms with Crippen LogP contribution in [-0.2, 0) is 10.3 Å². The lowest BCUT2D eigenvalue weighted by molar-refractivity contribution is 0.254. The molecule has 0 aromatic heterocycles. The first-order chi connectivity index (χ1) is 7.59. The second-order valence-electron chi connectivity index (χ2n) is 3.84. The lowest BCUT2D eigenvalue weighted by Gasteiger charge is -2.37. The summed E-state index contributed by atoms with van der Waals surface area (Å²) >= 11 is 5.55. The standard InChI is InChI=1S/C11H8ClF2NO/c12-8-4-7(5-9(13)10(8)14)11(15-6-16)2-1-3-11/h4-5H,1-3H2. The van der Waals surface area contributed by atoms with Crippen molar-refractivity contribution in [1.29, 1.82) is 0 Å². The van der Waals surface area contributed by atoms with Crippen LogP contribution in [0.15, 0.2) is 17.1 Å². The van der Waals surface area contributed by atoms with Gasteiger partial charge in [0, 0.05) is 0 Å². The number of halogens is 3. The zero-order valence-electron chi connectivity index (χ0n) is 8.27. The minimum Gasteiger partial charge on any atom is -0.211 e. The molecule has 0 N–H and O–H groups in total. The van der Waals surface area contributed by atoms with Crippen molar-refractivity contribution in [3.05, 3.63) is 34.4 Å². The number of benzene rings is 1. The van der Waals surface area contributed by atoms with E-state index in [2.05, 4.69) is 4.99 Å². The van der Waals surface area contributed by atoms with Gasteiger partial charge in [0.25, 0.3) is 0 Å². The van der Waals surface area contributed by atoms with Crippen molar-refractivity contribution in [2.24, 2.45) is 4.99 Å². The minimum atomic E-state index is -1.07. The maximum atomic E-state index is 13.2. The van der Waals surface area contributed by atoms with Crippen molar-refractivity contribution in [2.45, 2.75) is 24.8 Å². The van der Waals surface area contributed by atoms with Gasteiger partial charge < -0.3 is 0 Å². The first-order valence-electron chi connectivity index (χ1n) is 4.83. The van der Waals surface area contributed by atoms with Crippen LogP contribution in [0.2, 0.25) is 5.02 Å². The third-order valence-corrected chi connectivity index (χ3v) is 3.24. The van der Waals surface area contributed by atoms with Crippen LogP contribution in [0.1, 0.15) is 24.8 Å². The van der Waals surface area contributed by atoms with Crippen molar-refractivity contribution in [1.82, 2.24) is 0 Å². The molecule has 1 aromatic carbocycles. The molecular weight excluding hydrogens is 236 g/mol. The molecule has 0 heterocycles. The van der Waals surface area contributed by atoms with Gasteiger partial charge in [0.1, 0.15) is 0 Å². The summed E-state index contributed by atoms with van der Waals surface area (Å²) in [7, 11) is 0. The summed E-state index contributed by atoms with van der Waals surface area (Å²) in [6, 6.07) is 2.36. The summed E-state index contributed by atoms with van der Waals surface area (Å²) in [5.41, 5.74) is -0.314. The number of isocyanates is 1.